The maximum absolute atomic E-state index is 10.6. The summed E-state index contributed by atoms with van der Waals surface area (Å²) in [6.45, 7) is 0. The Morgan fingerprint density at radius 2 is 2.21 bits per heavy atom. The van der Waals surface area contributed by atoms with Gasteiger partial charge in [0, 0.05) is 5.39 Å². The van der Waals surface area contributed by atoms with Crippen LogP contribution in [0.2, 0.25) is 0 Å². The molecule has 1 heterocycles. The number of nitrogens with two attached hydrogens (primary N) is 1. The van der Waals surface area contributed by atoms with Crippen molar-refractivity contribution < 1.29 is 9.90 Å². The highest BCUT2D eigenvalue weighted by Gasteiger charge is 2.05. The average Bonchev–Trinajstić information content (AvgIpc) is 2.17. The molecule has 0 amide bonds. The Bertz CT molecular complexity index is 509. The summed E-state index contributed by atoms with van der Waals surface area (Å²) in [5, 5.41) is 10.2. The first-order valence-electron chi connectivity index (χ1n) is 4.06. The fraction of sp³-hybridized carbons (Fsp3) is 0. The minimum absolute atomic E-state index is 0.0469. The van der Waals surface area contributed by atoms with Crippen molar-refractivity contribution in [3.63, 3.8) is 0 Å². The highest BCUT2D eigenvalue weighted by molar-refractivity contribution is 5.92. The number of hydrogen-bond acceptors (Lipinski definition) is 4. The minimum atomic E-state index is 0.0469. The number of phenols is 1. The van der Waals surface area contributed by atoms with Crippen molar-refractivity contribution in [2.24, 2.45) is 0 Å². The van der Waals surface area contributed by atoms with Crippen LogP contribution in [0.5, 0.6) is 5.75 Å². The van der Waals surface area contributed by atoms with Crippen LogP contribution in [-0.4, -0.2) is 16.4 Å². The van der Waals surface area contributed by atoms with Crippen LogP contribution < -0.4 is 5.73 Å². The molecule has 70 valence electrons. The van der Waals surface area contributed by atoms with Crippen molar-refractivity contribution in [1.29, 1.82) is 0 Å². The van der Waals surface area contributed by atoms with Crippen molar-refractivity contribution in [3.05, 3.63) is 30.0 Å². The lowest BCUT2D eigenvalue weighted by atomic mass is 10.1. The third kappa shape index (κ3) is 1.17. The van der Waals surface area contributed by atoms with Crippen LogP contribution in [0.15, 0.2) is 24.3 Å². The zero-order valence-electron chi connectivity index (χ0n) is 7.27. The number of anilines is 1. The molecule has 0 fully saturated rings. The lowest BCUT2D eigenvalue weighted by Crippen LogP contribution is -1.96. The fourth-order valence-electron chi connectivity index (χ4n) is 1.31. The number of nitrogens with zero attached hydrogens (tertiary/aromatic N) is 1. The molecule has 0 aliphatic carbocycles. The van der Waals surface area contributed by atoms with E-state index in [0.717, 1.165) is 0 Å². The molecule has 0 saturated carbocycles. The van der Waals surface area contributed by atoms with Gasteiger partial charge in [-0.05, 0) is 12.1 Å². The number of fused-ring (bicyclic) bond motifs is 1. The first-order valence-corrected chi connectivity index (χ1v) is 4.06. The van der Waals surface area contributed by atoms with Crippen molar-refractivity contribution in [1.82, 2.24) is 4.98 Å². The lowest BCUT2D eigenvalue weighted by molar-refractivity contribution is 0.112. The highest BCUT2D eigenvalue weighted by atomic mass is 16.3. The van der Waals surface area contributed by atoms with Crippen molar-refractivity contribution >= 4 is 22.9 Å². The van der Waals surface area contributed by atoms with E-state index in [1.54, 1.807) is 18.2 Å². The number of aromatic nitrogens is 1. The van der Waals surface area contributed by atoms with Gasteiger partial charge in [-0.1, -0.05) is 12.1 Å². The van der Waals surface area contributed by atoms with Gasteiger partial charge in [0.1, 0.15) is 17.0 Å². The Labute approximate surface area is 80.0 Å². The zero-order valence-corrected chi connectivity index (χ0v) is 7.27. The monoisotopic (exact) mass is 188 g/mol. The molecule has 0 radical (unpaired) electrons. The number of carbonyl (C=O) groups excluding carboxylic acids is 1. The molecule has 3 N–H and O–H groups in total. The van der Waals surface area contributed by atoms with E-state index >= 15 is 0 Å². The second kappa shape index (κ2) is 2.99. The first kappa shape index (κ1) is 8.50. The van der Waals surface area contributed by atoms with Crippen LogP contribution in [0, 0.1) is 0 Å². The minimum Gasteiger partial charge on any atom is -0.506 e. The molecule has 0 atom stereocenters. The van der Waals surface area contributed by atoms with E-state index in [2.05, 4.69) is 4.98 Å². The third-order valence-electron chi connectivity index (χ3n) is 2.00. The SMILES string of the molecule is Nc1cc2cccc(O)c2nc1C=O. The number of nitrogen functional groups attached to an aromatic ring is 1. The van der Waals surface area contributed by atoms with E-state index in [1.807, 2.05) is 0 Å². The Morgan fingerprint density at radius 3 is 2.93 bits per heavy atom. The molecular weight excluding hydrogens is 180 g/mol. The molecule has 4 nitrogen and oxygen atoms in total. The van der Waals surface area contributed by atoms with Crippen LogP contribution in [0.1, 0.15) is 10.5 Å². The molecule has 2 rings (SSSR count). The smallest absolute Gasteiger partial charge is 0.170 e. The topological polar surface area (TPSA) is 76.2 Å². The Hall–Kier alpha value is -2.10. The van der Waals surface area contributed by atoms with Crippen molar-refractivity contribution in [2.45, 2.75) is 0 Å². The lowest BCUT2D eigenvalue weighted by Gasteiger charge is -2.02. The summed E-state index contributed by atoms with van der Waals surface area (Å²) >= 11 is 0. The van der Waals surface area contributed by atoms with Gasteiger partial charge >= 0.3 is 0 Å². The summed E-state index contributed by atoms with van der Waals surface area (Å²) in [6, 6.07) is 6.60. The molecule has 0 aliphatic rings. The summed E-state index contributed by atoms with van der Waals surface area (Å²) < 4.78 is 0. The molecule has 1 aromatic heterocycles. The maximum Gasteiger partial charge on any atom is 0.170 e. The van der Waals surface area contributed by atoms with Crippen molar-refractivity contribution in [2.75, 3.05) is 5.73 Å². The number of rotatable bonds is 1. The summed E-state index contributed by atoms with van der Waals surface area (Å²) in [5.74, 6) is 0.0469. The normalized spacial score (nSPS) is 10.3. The molecule has 14 heavy (non-hydrogen) atoms. The van der Waals surface area contributed by atoms with Gasteiger partial charge in [-0.3, -0.25) is 4.79 Å². The Kier molecular flexibility index (Phi) is 1.81. The van der Waals surface area contributed by atoms with E-state index in [4.69, 9.17) is 5.73 Å². The van der Waals surface area contributed by atoms with E-state index in [9.17, 15) is 9.90 Å². The van der Waals surface area contributed by atoms with Gasteiger partial charge in [0.05, 0.1) is 5.69 Å². The number of hydrogen-bond donors (Lipinski definition) is 2. The number of aromatic hydroxyl groups is 1. The number of carbonyl (C=O) groups is 1. The Balaban J connectivity index is 2.86. The maximum atomic E-state index is 10.6. The van der Waals surface area contributed by atoms with E-state index in [0.29, 0.717) is 22.9 Å². The van der Waals surface area contributed by atoms with Gasteiger partial charge in [0.15, 0.2) is 6.29 Å². The Morgan fingerprint density at radius 1 is 1.43 bits per heavy atom. The third-order valence-corrected chi connectivity index (χ3v) is 2.00. The summed E-state index contributed by atoms with van der Waals surface area (Å²) in [6.07, 6.45) is 0.571. The summed E-state index contributed by atoms with van der Waals surface area (Å²) in [5.41, 5.74) is 6.43. The zero-order chi connectivity index (χ0) is 10.1. The fourth-order valence-corrected chi connectivity index (χ4v) is 1.31. The van der Waals surface area contributed by atoms with Gasteiger partial charge in [-0.15, -0.1) is 0 Å². The molecule has 1 aromatic carbocycles. The molecular formula is C10H8N2O2. The second-order valence-corrected chi connectivity index (χ2v) is 2.93. The molecule has 0 saturated heterocycles. The number of benzene rings is 1. The number of para-hydroxylation sites is 1. The molecule has 0 aliphatic heterocycles. The molecule has 0 unspecified atom stereocenters. The average molecular weight is 188 g/mol. The van der Waals surface area contributed by atoms with Gasteiger partial charge in [0.25, 0.3) is 0 Å². The predicted molar refractivity (Wildman–Crippen MR) is 53.2 cm³/mol. The van der Waals surface area contributed by atoms with Crippen LogP contribution >= 0.6 is 0 Å². The predicted octanol–water partition coefficient (Wildman–Crippen LogP) is 1.34. The van der Waals surface area contributed by atoms with Crippen LogP contribution in [-0.2, 0) is 0 Å². The van der Waals surface area contributed by atoms with Gasteiger partial charge < -0.3 is 10.8 Å². The van der Waals surface area contributed by atoms with Crippen LogP contribution in [0.25, 0.3) is 10.9 Å². The summed E-state index contributed by atoms with van der Waals surface area (Å²) in [4.78, 5) is 14.5. The molecule has 4 heteroatoms. The highest BCUT2D eigenvalue weighted by Crippen LogP contribution is 2.24. The molecule has 2 aromatic rings. The number of aldehydes is 1. The second-order valence-electron chi connectivity index (χ2n) is 2.93. The van der Waals surface area contributed by atoms with Crippen LogP contribution in [0.3, 0.4) is 0 Å². The number of pyridine rings is 1. The quantitative estimate of drug-likeness (QED) is 0.662. The van der Waals surface area contributed by atoms with Crippen molar-refractivity contribution in [3.8, 4) is 5.75 Å². The van der Waals surface area contributed by atoms with E-state index < -0.39 is 0 Å². The van der Waals surface area contributed by atoms with Gasteiger partial charge in [0.2, 0.25) is 0 Å². The summed E-state index contributed by atoms with van der Waals surface area (Å²) in [7, 11) is 0. The van der Waals surface area contributed by atoms with E-state index in [1.165, 1.54) is 6.07 Å². The standard InChI is InChI=1S/C10H8N2O2/c11-7-4-6-2-1-3-9(14)10(6)12-8(7)5-13/h1-5,14H,11H2. The largest absolute Gasteiger partial charge is 0.506 e. The first-order chi connectivity index (χ1) is 6.72. The molecule has 0 bridgehead atoms. The molecule has 0 spiro atoms. The van der Waals surface area contributed by atoms with Crippen LogP contribution in [0.4, 0.5) is 5.69 Å². The van der Waals surface area contributed by atoms with Gasteiger partial charge in [-0.2, -0.15) is 0 Å². The number of phenolic OH excluding ortho intramolecular Hbond substituents is 1. The van der Waals surface area contributed by atoms with E-state index in [-0.39, 0.29) is 11.4 Å². The van der Waals surface area contributed by atoms with Gasteiger partial charge in [-0.25, -0.2) is 4.98 Å².